The van der Waals surface area contributed by atoms with Gasteiger partial charge >= 0.3 is 12.1 Å². The summed E-state index contributed by atoms with van der Waals surface area (Å²) >= 11 is 0. The molecule has 78 valence electrons. The molecular formula is C7H5F3O4. The van der Waals surface area contributed by atoms with Gasteiger partial charge in [0.2, 0.25) is 0 Å². The fraction of sp³-hybridized carbons (Fsp3) is 0.143. The average Bonchev–Trinajstić information content (AvgIpc) is 2.01. The Morgan fingerprint density at radius 2 is 1.71 bits per heavy atom. The maximum absolute atomic E-state index is 12.0. The second-order valence-corrected chi connectivity index (χ2v) is 2.08. The largest absolute Gasteiger partial charge is 0.516 e. The monoisotopic (exact) mass is 210 g/mol. The van der Waals surface area contributed by atoms with Crippen LogP contribution >= 0.6 is 0 Å². The fourth-order valence-corrected chi connectivity index (χ4v) is 0.508. The summed E-state index contributed by atoms with van der Waals surface area (Å²) < 4.78 is 35.9. The van der Waals surface area contributed by atoms with Gasteiger partial charge in [0.05, 0.1) is 11.8 Å². The second kappa shape index (κ2) is 4.45. The Morgan fingerprint density at radius 1 is 1.21 bits per heavy atom. The van der Waals surface area contributed by atoms with Crippen LogP contribution < -0.4 is 0 Å². The number of ketones is 1. The lowest BCUT2D eigenvalue weighted by molar-refractivity contribution is -0.147. The molecule has 0 radical (unpaired) electrons. The lowest BCUT2D eigenvalue weighted by Gasteiger charge is -2.05. The zero-order chi connectivity index (χ0) is 11.4. The first-order chi connectivity index (χ1) is 6.29. The zero-order valence-electron chi connectivity index (χ0n) is 6.58. The summed E-state index contributed by atoms with van der Waals surface area (Å²) in [6.45, 7) is 0. The topological polar surface area (TPSA) is 74.6 Å². The summed E-state index contributed by atoms with van der Waals surface area (Å²) in [5.74, 6) is -3.71. The zero-order valence-corrected chi connectivity index (χ0v) is 6.58. The van der Waals surface area contributed by atoms with Crippen LogP contribution in [0.15, 0.2) is 24.0 Å². The normalized spacial score (nSPS) is 13.2. The molecule has 0 aliphatic heterocycles. The van der Waals surface area contributed by atoms with Crippen LogP contribution in [0.25, 0.3) is 0 Å². The predicted octanol–water partition coefficient (Wildman–Crippen LogP) is 1.20. The number of carbonyl (C=O) groups excluding carboxylic acids is 1. The van der Waals surface area contributed by atoms with Crippen LogP contribution in [0.3, 0.4) is 0 Å². The van der Waals surface area contributed by atoms with Crippen molar-refractivity contribution in [2.24, 2.45) is 0 Å². The minimum Gasteiger partial charge on any atom is -0.516 e. The van der Waals surface area contributed by atoms with E-state index in [9.17, 15) is 22.8 Å². The fourth-order valence-electron chi connectivity index (χ4n) is 0.508. The highest BCUT2D eigenvalue weighted by atomic mass is 19.4. The van der Waals surface area contributed by atoms with Crippen molar-refractivity contribution in [3.8, 4) is 0 Å². The molecule has 0 bridgehead atoms. The van der Waals surface area contributed by atoms with Gasteiger partial charge in [-0.2, -0.15) is 13.2 Å². The number of aliphatic hydroxyl groups is 1. The Kier molecular flexibility index (Phi) is 3.88. The van der Waals surface area contributed by atoms with E-state index in [-0.39, 0.29) is 18.4 Å². The van der Waals surface area contributed by atoms with Crippen molar-refractivity contribution in [3.63, 3.8) is 0 Å². The van der Waals surface area contributed by atoms with E-state index < -0.39 is 23.5 Å². The molecule has 0 aromatic rings. The van der Waals surface area contributed by atoms with Gasteiger partial charge in [0.25, 0.3) is 5.78 Å². The molecule has 0 atom stereocenters. The van der Waals surface area contributed by atoms with Gasteiger partial charge in [0.1, 0.15) is 0 Å². The minimum atomic E-state index is -4.88. The molecule has 14 heavy (non-hydrogen) atoms. The van der Waals surface area contributed by atoms with Gasteiger partial charge in [-0.1, -0.05) is 0 Å². The number of halogens is 3. The predicted molar refractivity (Wildman–Crippen MR) is 38.5 cm³/mol. The summed E-state index contributed by atoms with van der Waals surface area (Å²) in [7, 11) is 0. The number of alkyl halides is 3. The average molecular weight is 210 g/mol. The molecule has 2 N–H and O–H groups in total. The van der Waals surface area contributed by atoms with E-state index in [4.69, 9.17) is 10.2 Å². The van der Waals surface area contributed by atoms with E-state index in [0.29, 0.717) is 0 Å². The number of hydrogen-bond donors (Lipinski definition) is 2. The minimum absolute atomic E-state index is 0.0639. The summed E-state index contributed by atoms with van der Waals surface area (Å²) in [5.41, 5.74) is -1.53. The molecule has 0 aromatic carbocycles. The molecule has 0 amide bonds. The highest BCUT2D eigenvalue weighted by Crippen LogP contribution is 2.26. The lowest BCUT2D eigenvalue weighted by atomic mass is 10.2. The third-order valence-corrected chi connectivity index (χ3v) is 1.08. The molecule has 0 aliphatic carbocycles. The maximum Gasteiger partial charge on any atom is 0.416 e. The van der Waals surface area contributed by atoms with Crippen LogP contribution in [0.2, 0.25) is 0 Å². The highest BCUT2D eigenvalue weighted by molar-refractivity contribution is 6.37. The molecule has 0 fully saturated rings. The van der Waals surface area contributed by atoms with Gasteiger partial charge in [-0.05, 0) is 6.08 Å². The van der Waals surface area contributed by atoms with Crippen molar-refractivity contribution < 1.29 is 33.0 Å². The number of rotatable bonds is 3. The van der Waals surface area contributed by atoms with Crippen LogP contribution in [0.5, 0.6) is 0 Å². The van der Waals surface area contributed by atoms with E-state index in [0.717, 1.165) is 0 Å². The van der Waals surface area contributed by atoms with Gasteiger partial charge in [-0.25, -0.2) is 4.79 Å². The van der Waals surface area contributed by atoms with Crippen molar-refractivity contribution in [3.05, 3.63) is 24.0 Å². The number of allylic oxidation sites excluding steroid dienone is 2. The number of hydrogen-bond acceptors (Lipinski definition) is 3. The third-order valence-electron chi connectivity index (χ3n) is 1.08. The highest BCUT2D eigenvalue weighted by Gasteiger charge is 2.33. The standard InChI is InChI=1S/C7H5F3O4/c8-7(9,10)4(1-2-11)3-5(12)6(13)14/h1-3,11H,(H,13,14)/b2-1+,4-3+. The van der Waals surface area contributed by atoms with Crippen molar-refractivity contribution in [2.75, 3.05) is 0 Å². The summed E-state index contributed by atoms with van der Waals surface area (Å²) in [4.78, 5) is 20.3. The quantitative estimate of drug-likeness (QED) is 0.317. The molecule has 0 aromatic heterocycles. The smallest absolute Gasteiger partial charge is 0.416 e. The van der Waals surface area contributed by atoms with Gasteiger partial charge < -0.3 is 10.2 Å². The number of carboxylic acid groups (broad SMARTS) is 1. The van der Waals surface area contributed by atoms with E-state index in [2.05, 4.69) is 0 Å². The van der Waals surface area contributed by atoms with Crippen LogP contribution in [0.1, 0.15) is 0 Å². The molecule has 0 saturated carbocycles. The van der Waals surface area contributed by atoms with Gasteiger partial charge in [-0.15, -0.1) is 0 Å². The molecule has 4 nitrogen and oxygen atoms in total. The Bertz CT molecular complexity index is 301. The summed E-state index contributed by atoms with van der Waals surface area (Å²) in [5, 5.41) is 16.1. The number of aliphatic carboxylic acids is 1. The summed E-state index contributed by atoms with van der Waals surface area (Å²) in [6, 6.07) is 0. The van der Waals surface area contributed by atoms with Crippen LogP contribution in [0, 0.1) is 0 Å². The SMILES string of the molecule is O=C(O)C(=O)/C=C(\C=C\O)C(F)(F)F. The van der Waals surface area contributed by atoms with Crippen molar-refractivity contribution in [2.45, 2.75) is 6.18 Å². The molecule has 0 saturated heterocycles. The van der Waals surface area contributed by atoms with Gasteiger partial charge in [0, 0.05) is 6.08 Å². The number of carboxylic acids is 1. The van der Waals surface area contributed by atoms with E-state index in [1.54, 1.807) is 0 Å². The van der Waals surface area contributed by atoms with Crippen LogP contribution in [0.4, 0.5) is 13.2 Å². The third kappa shape index (κ3) is 3.74. The molecule has 0 unspecified atom stereocenters. The van der Waals surface area contributed by atoms with Crippen molar-refractivity contribution in [1.29, 1.82) is 0 Å². The van der Waals surface area contributed by atoms with Crippen LogP contribution in [-0.4, -0.2) is 28.1 Å². The first-order valence-electron chi connectivity index (χ1n) is 3.16. The Morgan fingerprint density at radius 3 is 2.00 bits per heavy atom. The second-order valence-electron chi connectivity index (χ2n) is 2.08. The van der Waals surface area contributed by atoms with Crippen molar-refractivity contribution >= 4 is 11.8 Å². The Balaban J connectivity index is 5.03. The molecule has 0 heterocycles. The lowest BCUT2D eigenvalue weighted by Crippen LogP contribution is -2.16. The first kappa shape index (κ1) is 12.2. The molecule has 7 heteroatoms. The molecule has 0 aliphatic rings. The number of carbonyl (C=O) groups is 2. The summed E-state index contributed by atoms with van der Waals surface area (Å²) in [6.07, 6.45) is -4.76. The van der Waals surface area contributed by atoms with E-state index in [1.807, 2.05) is 0 Å². The number of aliphatic hydroxyl groups excluding tert-OH is 1. The van der Waals surface area contributed by atoms with Gasteiger partial charge in [0.15, 0.2) is 0 Å². The maximum atomic E-state index is 12.0. The molecule has 0 rings (SSSR count). The van der Waals surface area contributed by atoms with Crippen LogP contribution in [-0.2, 0) is 9.59 Å². The van der Waals surface area contributed by atoms with E-state index >= 15 is 0 Å². The Hall–Kier alpha value is -1.79. The van der Waals surface area contributed by atoms with E-state index in [1.165, 1.54) is 0 Å². The first-order valence-corrected chi connectivity index (χ1v) is 3.16. The van der Waals surface area contributed by atoms with Gasteiger partial charge in [-0.3, -0.25) is 4.79 Å². The molecular weight excluding hydrogens is 205 g/mol. The Labute approximate surface area is 76.0 Å². The van der Waals surface area contributed by atoms with Crippen molar-refractivity contribution in [1.82, 2.24) is 0 Å². The molecule has 0 spiro atoms.